The number of aliphatic hydroxyl groups is 2. The van der Waals surface area contributed by atoms with Gasteiger partial charge >= 0.3 is 5.69 Å². The van der Waals surface area contributed by atoms with Crippen LogP contribution in [0.25, 0.3) is 0 Å². The Balaban J connectivity index is 0.000000399. The smallest absolute Gasteiger partial charge is 0.330 e. The minimum absolute atomic E-state index is 0.0470. The third-order valence-electron chi connectivity index (χ3n) is 2.58. The van der Waals surface area contributed by atoms with Gasteiger partial charge in [-0.2, -0.15) is 0 Å². The highest BCUT2D eigenvalue weighted by Gasteiger charge is 2.26. The molecule has 0 bridgehead atoms. The van der Waals surface area contributed by atoms with Crippen LogP contribution in [0.2, 0.25) is 0 Å². The molecule has 0 radical (unpaired) electrons. The number of aromatic amines is 1. The Morgan fingerprint density at radius 1 is 1.47 bits per heavy atom. The van der Waals surface area contributed by atoms with Crippen LogP contribution in [0.5, 0.6) is 0 Å². The molecule has 1 aromatic heterocycles. The summed E-state index contributed by atoms with van der Waals surface area (Å²) in [6.45, 7) is -0.228. The lowest BCUT2D eigenvalue weighted by atomic mass is 10.2. The van der Waals surface area contributed by atoms with Gasteiger partial charge in [-0.15, -0.1) is 0 Å². The van der Waals surface area contributed by atoms with Gasteiger partial charge in [0.15, 0.2) is 0 Å². The number of ether oxygens (including phenoxy) is 2. The largest absolute Gasteiger partial charge is 0.394 e. The van der Waals surface area contributed by atoms with Crippen LogP contribution < -0.4 is 11.2 Å². The molecule has 2 rings (SSSR count). The molecule has 8 nitrogen and oxygen atoms in total. The molecule has 8 heteroatoms. The number of methoxy groups -OCH3 is 1. The fourth-order valence-corrected chi connectivity index (χ4v) is 1.68. The summed E-state index contributed by atoms with van der Waals surface area (Å²) in [5.41, 5.74) is -0.904. The van der Waals surface area contributed by atoms with Crippen molar-refractivity contribution in [2.75, 3.05) is 20.5 Å². The second-order valence-electron chi connectivity index (χ2n) is 3.91. The maximum atomic E-state index is 11.4. The van der Waals surface area contributed by atoms with Crippen molar-refractivity contribution in [2.24, 2.45) is 0 Å². The monoisotopic (exact) mass is 274 g/mol. The number of hydrogen-bond acceptors (Lipinski definition) is 6. The first kappa shape index (κ1) is 15.6. The van der Waals surface area contributed by atoms with E-state index in [4.69, 9.17) is 14.9 Å². The zero-order valence-corrected chi connectivity index (χ0v) is 10.6. The van der Waals surface area contributed by atoms with Crippen LogP contribution in [-0.2, 0) is 9.47 Å². The number of hydrogen-bond donors (Lipinski definition) is 3. The molecule has 19 heavy (non-hydrogen) atoms. The molecular formula is C11H18N2O6. The van der Waals surface area contributed by atoms with Gasteiger partial charge in [-0.3, -0.25) is 14.3 Å². The van der Waals surface area contributed by atoms with Crippen molar-refractivity contribution in [1.29, 1.82) is 0 Å². The van der Waals surface area contributed by atoms with Crippen molar-refractivity contribution in [1.82, 2.24) is 9.55 Å². The van der Waals surface area contributed by atoms with E-state index < -0.39 is 11.2 Å². The van der Waals surface area contributed by atoms with E-state index in [1.165, 1.54) is 23.9 Å². The number of H-pyrrole nitrogens is 1. The second-order valence-corrected chi connectivity index (χ2v) is 3.91. The normalized spacial score (nSPS) is 21.8. The van der Waals surface area contributed by atoms with Crippen molar-refractivity contribution in [2.45, 2.75) is 25.2 Å². The lowest BCUT2D eigenvalue weighted by Crippen LogP contribution is -2.31. The van der Waals surface area contributed by atoms with Gasteiger partial charge in [0, 0.05) is 19.4 Å². The van der Waals surface area contributed by atoms with Crippen molar-refractivity contribution >= 4 is 0 Å². The summed E-state index contributed by atoms with van der Waals surface area (Å²) in [4.78, 5) is 24.4. The second kappa shape index (κ2) is 7.85. The molecule has 1 aliphatic heterocycles. The number of aromatic nitrogens is 2. The SMILES string of the molecule is COCO.O=c1ccn(C2CCC(CO)O2)c(=O)[nH]1. The zero-order chi connectivity index (χ0) is 14.3. The summed E-state index contributed by atoms with van der Waals surface area (Å²) in [5.74, 6) is 0. The molecule has 2 atom stereocenters. The van der Waals surface area contributed by atoms with Crippen LogP contribution in [0.1, 0.15) is 19.1 Å². The summed E-state index contributed by atoms with van der Waals surface area (Å²) in [7, 11) is 1.43. The highest BCUT2D eigenvalue weighted by molar-refractivity contribution is 4.85. The Bertz CT molecular complexity index is 481. The van der Waals surface area contributed by atoms with Crippen LogP contribution >= 0.6 is 0 Å². The van der Waals surface area contributed by atoms with E-state index in [1.54, 1.807) is 0 Å². The summed E-state index contributed by atoms with van der Waals surface area (Å²) in [5, 5.41) is 16.5. The molecule has 3 N–H and O–H groups in total. The Morgan fingerprint density at radius 2 is 2.16 bits per heavy atom. The Kier molecular flexibility index (Phi) is 6.43. The first-order valence-corrected chi connectivity index (χ1v) is 5.80. The Labute approximate surface area is 109 Å². The summed E-state index contributed by atoms with van der Waals surface area (Å²) >= 11 is 0. The molecule has 0 aliphatic carbocycles. The predicted molar refractivity (Wildman–Crippen MR) is 65.6 cm³/mol. The molecule has 1 aliphatic rings. The molecule has 108 valence electrons. The maximum absolute atomic E-state index is 11.4. The molecular weight excluding hydrogens is 256 g/mol. The number of nitrogens with one attached hydrogen (secondary N) is 1. The predicted octanol–water partition coefficient (Wildman–Crippen LogP) is -1.21. The third-order valence-corrected chi connectivity index (χ3v) is 2.58. The number of aliphatic hydroxyl groups excluding tert-OH is 2. The van der Waals surface area contributed by atoms with Gasteiger partial charge < -0.3 is 19.7 Å². The van der Waals surface area contributed by atoms with E-state index >= 15 is 0 Å². The average Bonchev–Trinajstić information content (AvgIpc) is 2.87. The van der Waals surface area contributed by atoms with Crippen molar-refractivity contribution < 1.29 is 19.7 Å². The van der Waals surface area contributed by atoms with E-state index in [2.05, 4.69) is 9.72 Å². The van der Waals surface area contributed by atoms with E-state index in [-0.39, 0.29) is 25.7 Å². The first-order chi connectivity index (χ1) is 9.12. The van der Waals surface area contributed by atoms with Gasteiger partial charge in [-0.25, -0.2) is 4.79 Å². The number of nitrogens with zero attached hydrogens (tertiary/aromatic N) is 1. The van der Waals surface area contributed by atoms with Gasteiger partial charge in [-0.05, 0) is 12.8 Å². The Morgan fingerprint density at radius 3 is 2.63 bits per heavy atom. The van der Waals surface area contributed by atoms with Gasteiger partial charge in [0.05, 0.1) is 12.7 Å². The zero-order valence-electron chi connectivity index (χ0n) is 10.6. The first-order valence-electron chi connectivity index (χ1n) is 5.80. The Hall–Kier alpha value is -1.48. The van der Waals surface area contributed by atoms with Crippen LogP contribution in [0, 0.1) is 0 Å². The van der Waals surface area contributed by atoms with E-state index in [0.29, 0.717) is 12.8 Å². The van der Waals surface area contributed by atoms with Crippen molar-refractivity contribution in [3.05, 3.63) is 33.1 Å². The van der Waals surface area contributed by atoms with Gasteiger partial charge in [0.25, 0.3) is 5.56 Å². The minimum Gasteiger partial charge on any atom is -0.394 e. The lowest BCUT2D eigenvalue weighted by molar-refractivity contribution is -0.0246. The molecule has 0 aromatic carbocycles. The highest BCUT2D eigenvalue weighted by Crippen LogP contribution is 2.26. The van der Waals surface area contributed by atoms with Crippen molar-refractivity contribution in [3.8, 4) is 0 Å². The summed E-state index contributed by atoms with van der Waals surface area (Å²) in [6, 6.07) is 1.27. The highest BCUT2D eigenvalue weighted by atomic mass is 16.6. The van der Waals surface area contributed by atoms with Gasteiger partial charge in [0.1, 0.15) is 13.0 Å². The molecule has 1 saturated heterocycles. The molecule has 1 fully saturated rings. The van der Waals surface area contributed by atoms with Gasteiger partial charge in [-0.1, -0.05) is 0 Å². The molecule has 0 spiro atoms. The van der Waals surface area contributed by atoms with E-state index in [0.717, 1.165) is 0 Å². The molecule has 2 heterocycles. The third kappa shape index (κ3) is 4.60. The molecule has 2 unspecified atom stereocenters. The number of rotatable bonds is 3. The standard InChI is InChI=1S/C9H12N2O4.C2H6O2/c12-5-6-1-2-8(15-6)11-4-3-7(13)10-9(11)14;1-4-2-3/h3-4,6,8,12H,1-2,5H2,(H,10,13,14);3H,2H2,1H3. The average molecular weight is 274 g/mol. The molecule has 0 amide bonds. The molecule has 1 aromatic rings. The quantitative estimate of drug-likeness (QED) is 0.596. The van der Waals surface area contributed by atoms with Crippen molar-refractivity contribution in [3.63, 3.8) is 0 Å². The van der Waals surface area contributed by atoms with E-state index in [1.807, 2.05) is 0 Å². The summed E-state index contributed by atoms with van der Waals surface area (Å²) in [6.07, 6.45) is 2.19. The maximum Gasteiger partial charge on any atom is 0.330 e. The fourth-order valence-electron chi connectivity index (χ4n) is 1.68. The lowest BCUT2D eigenvalue weighted by Gasteiger charge is -2.13. The van der Waals surface area contributed by atoms with Crippen LogP contribution in [0.15, 0.2) is 21.9 Å². The fraction of sp³-hybridized carbons (Fsp3) is 0.636. The van der Waals surface area contributed by atoms with Crippen LogP contribution in [-0.4, -0.2) is 46.4 Å². The molecule has 0 saturated carbocycles. The summed E-state index contributed by atoms with van der Waals surface area (Å²) < 4.78 is 10.8. The topological polar surface area (TPSA) is 114 Å². The minimum atomic E-state index is -0.480. The van der Waals surface area contributed by atoms with E-state index in [9.17, 15) is 9.59 Å². The van der Waals surface area contributed by atoms with Gasteiger partial charge in [0.2, 0.25) is 0 Å². The van der Waals surface area contributed by atoms with Crippen LogP contribution in [0.3, 0.4) is 0 Å². The van der Waals surface area contributed by atoms with Crippen LogP contribution in [0.4, 0.5) is 0 Å².